The molecule has 1 nitrogen and oxygen atoms in total. The average Bonchev–Trinajstić information content (AvgIpc) is 2.33. The quantitative estimate of drug-likeness (QED) is 0.628. The lowest BCUT2D eigenvalue weighted by molar-refractivity contribution is 0.183. The summed E-state index contributed by atoms with van der Waals surface area (Å²) in [5.74, 6) is 0.856. The second-order valence-corrected chi connectivity index (χ2v) is 4.76. The van der Waals surface area contributed by atoms with Crippen LogP contribution in [0.1, 0.15) is 47.0 Å². The van der Waals surface area contributed by atoms with Crippen LogP contribution in [0.3, 0.4) is 0 Å². The first-order valence-corrected chi connectivity index (χ1v) is 5.37. The lowest BCUT2D eigenvalue weighted by atomic mass is 10.0. The van der Waals surface area contributed by atoms with E-state index in [1.807, 2.05) is 0 Å². The van der Waals surface area contributed by atoms with Crippen molar-refractivity contribution in [3.8, 4) is 0 Å². The summed E-state index contributed by atoms with van der Waals surface area (Å²) >= 11 is 0. The predicted molar refractivity (Wildman–Crippen MR) is 54.3 cm³/mol. The maximum Gasteiger partial charge on any atom is 0.0101 e. The molecule has 72 valence electrons. The summed E-state index contributed by atoms with van der Waals surface area (Å²) in [6, 6.07) is 1.63. The molecular weight excluding hydrogens is 146 g/mol. The average molecular weight is 169 g/mol. The first-order valence-electron chi connectivity index (χ1n) is 5.37. The monoisotopic (exact) mass is 169 g/mol. The molecule has 12 heavy (non-hydrogen) atoms. The van der Waals surface area contributed by atoms with Gasteiger partial charge in [0.25, 0.3) is 0 Å². The van der Waals surface area contributed by atoms with Crippen LogP contribution in [-0.4, -0.2) is 23.5 Å². The molecule has 0 aromatic heterocycles. The summed E-state index contributed by atoms with van der Waals surface area (Å²) in [7, 11) is 0. The largest absolute Gasteiger partial charge is 0.298 e. The van der Waals surface area contributed by atoms with Gasteiger partial charge in [0, 0.05) is 12.1 Å². The molecule has 1 aliphatic heterocycles. The second kappa shape index (κ2) is 4.27. The van der Waals surface area contributed by atoms with Gasteiger partial charge in [-0.3, -0.25) is 4.90 Å². The fourth-order valence-electron chi connectivity index (χ4n) is 2.34. The molecule has 1 heterocycles. The Morgan fingerprint density at radius 1 is 1.25 bits per heavy atom. The van der Waals surface area contributed by atoms with Gasteiger partial charge in [-0.15, -0.1) is 0 Å². The molecule has 0 radical (unpaired) electrons. The number of hydrogen-bond acceptors (Lipinski definition) is 1. The van der Waals surface area contributed by atoms with E-state index in [1.165, 1.54) is 25.8 Å². The van der Waals surface area contributed by atoms with E-state index in [2.05, 4.69) is 32.6 Å². The molecule has 1 atom stereocenters. The smallest absolute Gasteiger partial charge is 0.0101 e. The highest BCUT2D eigenvalue weighted by molar-refractivity contribution is 4.81. The molecule has 0 saturated carbocycles. The number of likely N-dealkylation sites (tertiary alicyclic amines) is 1. The van der Waals surface area contributed by atoms with Gasteiger partial charge in [-0.1, -0.05) is 13.8 Å². The van der Waals surface area contributed by atoms with Crippen molar-refractivity contribution in [2.75, 3.05) is 6.54 Å². The third kappa shape index (κ3) is 2.48. The van der Waals surface area contributed by atoms with Crippen LogP contribution in [0.25, 0.3) is 0 Å². The van der Waals surface area contributed by atoms with E-state index in [1.54, 1.807) is 0 Å². The molecule has 1 aliphatic rings. The van der Waals surface area contributed by atoms with Crippen molar-refractivity contribution in [1.82, 2.24) is 4.90 Å². The van der Waals surface area contributed by atoms with E-state index < -0.39 is 0 Å². The molecule has 0 amide bonds. The molecule has 0 N–H and O–H groups in total. The van der Waals surface area contributed by atoms with Gasteiger partial charge in [0.1, 0.15) is 0 Å². The van der Waals surface area contributed by atoms with Crippen molar-refractivity contribution < 1.29 is 0 Å². The summed E-state index contributed by atoms with van der Waals surface area (Å²) in [5.41, 5.74) is 0. The van der Waals surface area contributed by atoms with Crippen molar-refractivity contribution in [2.24, 2.45) is 5.92 Å². The van der Waals surface area contributed by atoms with E-state index in [4.69, 9.17) is 0 Å². The van der Waals surface area contributed by atoms with E-state index >= 15 is 0 Å². The van der Waals surface area contributed by atoms with Crippen molar-refractivity contribution in [2.45, 2.75) is 59.0 Å². The van der Waals surface area contributed by atoms with Gasteiger partial charge in [-0.25, -0.2) is 0 Å². The Morgan fingerprint density at radius 2 is 1.92 bits per heavy atom. The molecule has 1 fully saturated rings. The summed E-state index contributed by atoms with van der Waals surface area (Å²) in [4.78, 5) is 2.67. The highest BCUT2D eigenvalue weighted by Gasteiger charge is 2.26. The predicted octanol–water partition coefficient (Wildman–Crippen LogP) is 2.91. The first-order chi connectivity index (χ1) is 5.61. The van der Waals surface area contributed by atoms with E-state index in [0.29, 0.717) is 0 Å². The highest BCUT2D eigenvalue weighted by atomic mass is 15.2. The Bertz CT molecular complexity index is 129. The van der Waals surface area contributed by atoms with Gasteiger partial charge in [-0.05, 0) is 45.6 Å². The fraction of sp³-hybridized carbons (Fsp3) is 1.00. The Labute approximate surface area is 77.1 Å². The number of hydrogen-bond donors (Lipinski definition) is 0. The Balaban J connectivity index is 2.41. The zero-order chi connectivity index (χ0) is 9.14. The molecule has 0 spiro atoms. The third-order valence-corrected chi connectivity index (χ3v) is 2.83. The van der Waals surface area contributed by atoms with Crippen molar-refractivity contribution >= 4 is 0 Å². The van der Waals surface area contributed by atoms with E-state index in [0.717, 1.165) is 18.0 Å². The van der Waals surface area contributed by atoms with Crippen LogP contribution in [0.4, 0.5) is 0 Å². The first kappa shape index (κ1) is 10.0. The van der Waals surface area contributed by atoms with Gasteiger partial charge < -0.3 is 0 Å². The fourth-order valence-corrected chi connectivity index (χ4v) is 2.34. The highest BCUT2D eigenvalue weighted by Crippen LogP contribution is 2.24. The SMILES string of the molecule is CC(C)C[C@@H]1CCCN1C(C)C. The van der Waals surface area contributed by atoms with Crippen LogP contribution in [0, 0.1) is 5.92 Å². The van der Waals surface area contributed by atoms with Crippen LogP contribution in [0.5, 0.6) is 0 Å². The zero-order valence-corrected chi connectivity index (χ0v) is 9.01. The topological polar surface area (TPSA) is 3.24 Å². The molecule has 1 heteroatoms. The van der Waals surface area contributed by atoms with Crippen LogP contribution < -0.4 is 0 Å². The standard InChI is InChI=1S/C11H23N/c1-9(2)8-11-6-5-7-12(11)10(3)4/h9-11H,5-8H2,1-4H3/t11-/m0/s1. The van der Waals surface area contributed by atoms with Gasteiger partial charge in [0.2, 0.25) is 0 Å². The van der Waals surface area contributed by atoms with Gasteiger partial charge in [-0.2, -0.15) is 0 Å². The van der Waals surface area contributed by atoms with Gasteiger partial charge >= 0.3 is 0 Å². The Hall–Kier alpha value is -0.0400. The number of nitrogens with zero attached hydrogens (tertiary/aromatic N) is 1. The molecule has 0 bridgehead atoms. The van der Waals surface area contributed by atoms with Crippen LogP contribution in [-0.2, 0) is 0 Å². The molecule has 0 aromatic rings. The van der Waals surface area contributed by atoms with Crippen LogP contribution >= 0.6 is 0 Å². The molecule has 0 unspecified atom stereocenters. The third-order valence-electron chi connectivity index (χ3n) is 2.83. The Kier molecular flexibility index (Phi) is 3.57. The minimum Gasteiger partial charge on any atom is -0.298 e. The van der Waals surface area contributed by atoms with Crippen molar-refractivity contribution in [3.05, 3.63) is 0 Å². The molecular formula is C11H23N. The summed E-state index contributed by atoms with van der Waals surface area (Å²) in [5, 5.41) is 0. The van der Waals surface area contributed by atoms with E-state index in [-0.39, 0.29) is 0 Å². The summed E-state index contributed by atoms with van der Waals surface area (Å²) < 4.78 is 0. The van der Waals surface area contributed by atoms with E-state index in [9.17, 15) is 0 Å². The maximum atomic E-state index is 2.67. The Morgan fingerprint density at radius 3 is 2.42 bits per heavy atom. The van der Waals surface area contributed by atoms with Gasteiger partial charge in [0.05, 0.1) is 0 Å². The van der Waals surface area contributed by atoms with Crippen LogP contribution in [0.2, 0.25) is 0 Å². The molecule has 0 aliphatic carbocycles. The minimum atomic E-state index is 0.747. The lowest BCUT2D eigenvalue weighted by Gasteiger charge is -2.29. The minimum absolute atomic E-state index is 0.747. The lowest BCUT2D eigenvalue weighted by Crippen LogP contribution is -2.36. The zero-order valence-electron chi connectivity index (χ0n) is 9.01. The van der Waals surface area contributed by atoms with Crippen molar-refractivity contribution in [3.63, 3.8) is 0 Å². The van der Waals surface area contributed by atoms with Crippen LogP contribution in [0.15, 0.2) is 0 Å². The molecule has 0 aromatic carbocycles. The number of rotatable bonds is 3. The summed E-state index contributed by atoms with van der Waals surface area (Å²) in [6.07, 6.45) is 4.23. The van der Waals surface area contributed by atoms with Crippen molar-refractivity contribution in [1.29, 1.82) is 0 Å². The molecule has 1 saturated heterocycles. The maximum absolute atomic E-state index is 2.67. The normalized spacial score (nSPS) is 26.0. The second-order valence-electron chi connectivity index (χ2n) is 4.76. The van der Waals surface area contributed by atoms with Gasteiger partial charge in [0.15, 0.2) is 0 Å². The molecule has 1 rings (SSSR count). The summed E-state index contributed by atoms with van der Waals surface area (Å²) in [6.45, 7) is 10.6.